The molecule has 0 aliphatic carbocycles. The van der Waals surface area contributed by atoms with Gasteiger partial charge in [0, 0.05) is 16.6 Å². The van der Waals surface area contributed by atoms with Gasteiger partial charge in [0.15, 0.2) is 0 Å². The zero-order valence-corrected chi connectivity index (χ0v) is 13.4. The first-order chi connectivity index (χ1) is 9.72. The fourth-order valence-corrected chi connectivity index (χ4v) is 1.59. The van der Waals surface area contributed by atoms with Crippen LogP contribution in [0.5, 0.6) is 0 Å². The van der Waals surface area contributed by atoms with Gasteiger partial charge in [-0.05, 0) is 38.1 Å². The van der Waals surface area contributed by atoms with E-state index in [-0.39, 0.29) is 19.0 Å². The number of benzene rings is 1. The summed E-state index contributed by atoms with van der Waals surface area (Å²) in [5.41, 5.74) is -0.609. The number of hydrogen-bond acceptors (Lipinski definition) is 3. The highest BCUT2D eigenvalue weighted by atomic mass is 79.9. The molecule has 0 aromatic heterocycles. The predicted octanol–water partition coefficient (Wildman–Crippen LogP) is 1.41. The molecule has 1 aromatic carbocycles. The number of rotatable bonds is 6. The molecule has 2 amide bonds. The third-order valence-corrected chi connectivity index (χ3v) is 3.35. The Morgan fingerprint density at radius 2 is 1.71 bits per heavy atom. The zero-order chi connectivity index (χ0) is 16.0. The van der Waals surface area contributed by atoms with Gasteiger partial charge < -0.3 is 15.7 Å². The lowest BCUT2D eigenvalue weighted by atomic mass is 9.94. The van der Waals surface area contributed by atoms with Gasteiger partial charge in [-0.3, -0.25) is 14.4 Å². The van der Waals surface area contributed by atoms with Crippen LogP contribution in [-0.4, -0.2) is 36.0 Å². The summed E-state index contributed by atoms with van der Waals surface area (Å²) in [7, 11) is 0. The quantitative estimate of drug-likeness (QED) is 0.717. The smallest absolute Gasteiger partial charge is 0.310 e. The predicted molar refractivity (Wildman–Crippen MR) is 80.9 cm³/mol. The van der Waals surface area contributed by atoms with E-state index in [2.05, 4.69) is 26.6 Å². The second kappa shape index (κ2) is 7.21. The summed E-state index contributed by atoms with van der Waals surface area (Å²) in [5, 5.41) is 13.9. The Bertz CT molecular complexity index is 540. The number of hydrogen-bond donors (Lipinski definition) is 3. The van der Waals surface area contributed by atoms with E-state index in [1.165, 1.54) is 13.8 Å². The molecular formula is C14H17BrN2O4. The van der Waals surface area contributed by atoms with Crippen molar-refractivity contribution < 1.29 is 19.5 Å². The van der Waals surface area contributed by atoms with Crippen LogP contribution in [-0.2, 0) is 9.59 Å². The fraction of sp³-hybridized carbons (Fsp3) is 0.357. The average Bonchev–Trinajstić information content (AvgIpc) is 2.43. The Morgan fingerprint density at radius 1 is 1.14 bits per heavy atom. The van der Waals surface area contributed by atoms with Gasteiger partial charge in [0.05, 0.1) is 12.0 Å². The molecule has 0 saturated carbocycles. The molecule has 114 valence electrons. The molecule has 0 bridgehead atoms. The molecule has 0 atom stereocenters. The van der Waals surface area contributed by atoms with Crippen molar-refractivity contribution >= 4 is 33.7 Å². The van der Waals surface area contributed by atoms with Crippen LogP contribution in [0.3, 0.4) is 0 Å². The maximum atomic E-state index is 11.8. The lowest BCUT2D eigenvalue weighted by Gasteiger charge is -2.19. The van der Waals surface area contributed by atoms with Crippen molar-refractivity contribution in [3.8, 4) is 0 Å². The monoisotopic (exact) mass is 356 g/mol. The van der Waals surface area contributed by atoms with Gasteiger partial charge in [0.25, 0.3) is 5.91 Å². The maximum Gasteiger partial charge on any atom is 0.310 e. The number of nitrogens with one attached hydrogen (secondary N) is 2. The van der Waals surface area contributed by atoms with Crippen LogP contribution in [0.4, 0.5) is 0 Å². The molecule has 6 nitrogen and oxygen atoms in total. The van der Waals surface area contributed by atoms with E-state index in [0.717, 1.165) is 4.47 Å². The van der Waals surface area contributed by atoms with E-state index in [4.69, 9.17) is 5.11 Å². The second-order valence-electron chi connectivity index (χ2n) is 5.16. The minimum atomic E-state index is -1.05. The first kappa shape index (κ1) is 17.2. The molecule has 0 fully saturated rings. The first-order valence-corrected chi connectivity index (χ1v) is 7.05. The van der Waals surface area contributed by atoms with Crippen LogP contribution < -0.4 is 10.6 Å². The van der Waals surface area contributed by atoms with E-state index in [1.54, 1.807) is 24.3 Å². The number of halogens is 1. The minimum absolute atomic E-state index is 0.00464. The Morgan fingerprint density at radius 3 is 2.24 bits per heavy atom. The van der Waals surface area contributed by atoms with E-state index in [9.17, 15) is 14.4 Å². The maximum absolute atomic E-state index is 11.8. The second-order valence-corrected chi connectivity index (χ2v) is 6.07. The van der Waals surface area contributed by atoms with Crippen LogP contribution in [0.25, 0.3) is 0 Å². The molecule has 1 aromatic rings. The molecule has 0 heterocycles. The van der Waals surface area contributed by atoms with Crippen LogP contribution >= 0.6 is 15.9 Å². The molecular weight excluding hydrogens is 340 g/mol. The van der Waals surface area contributed by atoms with Gasteiger partial charge in [-0.15, -0.1) is 0 Å². The highest BCUT2D eigenvalue weighted by Gasteiger charge is 2.27. The summed E-state index contributed by atoms with van der Waals surface area (Å²) in [6.07, 6.45) is 0. The molecule has 1 rings (SSSR count). The van der Waals surface area contributed by atoms with Crippen LogP contribution in [0, 0.1) is 5.41 Å². The Hall–Kier alpha value is -1.89. The van der Waals surface area contributed by atoms with Gasteiger partial charge in [0.2, 0.25) is 5.91 Å². The molecule has 0 saturated heterocycles. The van der Waals surface area contributed by atoms with Gasteiger partial charge in [-0.25, -0.2) is 0 Å². The van der Waals surface area contributed by atoms with Crippen LogP contribution in [0.15, 0.2) is 28.7 Å². The van der Waals surface area contributed by atoms with Gasteiger partial charge >= 0.3 is 5.97 Å². The number of carboxylic acids is 1. The lowest BCUT2D eigenvalue weighted by Crippen LogP contribution is -2.43. The third-order valence-electron chi connectivity index (χ3n) is 2.82. The molecule has 0 unspecified atom stereocenters. The van der Waals surface area contributed by atoms with Gasteiger partial charge in [-0.2, -0.15) is 0 Å². The van der Waals surface area contributed by atoms with Crippen molar-refractivity contribution in [1.82, 2.24) is 10.6 Å². The van der Waals surface area contributed by atoms with Crippen molar-refractivity contribution in [2.45, 2.75) is 13.8 Å². The molecule has 21 heavy (non-hydrogen) atoms. The summed E-state index contributed by atoms with van der Waals surface area (Å²) >= 11 is 3.26. The van der Waals surface area contributed by atoms with E-state index >= 15 is 0 Å². The zero-order valence-electron chi connectivity index (χ0n) is 11.8. The number of carbonyl (C=O) groups is 3. The van der Waals surface area contributed by atoms with Crippen molar-refractivity contribution in [1.29, 1.82) is 0 Å². The Labute approximate surface area is 131 Å². The summed E-state index contributed by atoms with van der Waals surface area (Å²) < 4.78 is 0.854. The number of amides is 2. The number of aliphatic carboxylic acids is 1. The average molecular weight is 357 g/mol. The number of carbonyl (C=O) groups excluding carboxylic acids is 2. The standard InChI is InChI=1S/C14H17BrN2O4/c1-14(2,13(20)21)8-17-11(18)7-16-12(19)9-3-5-10(15)6-4-9/h3-6H,7-8H2,1-2H3,(H,16,19)(H,17,18)(H,20,21). The highest BCUT2D eigenvalue weighted by Crippen LogP contribution is 2.13. The fourth-order valence-electron chi connectivity index (χ4n) is 1.32. The SMILES string of the molecule is CC(C)(CNC(=O)CNC(=O)c1ccc(Br)cc1)C(=O)O. The topological polar surface area (TPSA) is 95.5 Å². The summed E-state index contributed by atoms with van der Waals surface area (Å²) in [4.78, 5) is 34.2. The molecule has 7 heteroatoms. The van der Waals surface area contributed by atoms with E-state index in [1.807, 2.05) is 0 Å². The largest absolute Gasteiger partial charge is 0.481 e. The van der Waals surface area contributed by atoms with Crippen molar-refractivity contribution in [2.75, 3.05) is 13.1 Å². The van der Waals surface area contributed by atoms with Crippen molar-refractivity contribution in [3.05, 3.63) is 34.3 Å². The van der Waals surface area contributed by atoms with E-state index < -0.39 is 17.3 Å². The Kier molecular flexibility index (Phi) is 5.90. The lowest BCUT2D eigenvalue weighted by molar-refractivity contribution is -0.146. The van der Waals surface area contributed by atoms with Crippen molar-refractivity contribution in [3.63, 3.8) is 0 Å². The molecule has 0 aliphatic rings. The van der Waals surface area contributed by atoms with Crippen molar-refractivity contribution in [2.24, 2.45) is 5.41 Å². The summed E-state index contributed by atoms with van der Waals surface area (Å²) in [6.45, 7) is 2.81. The minimum Gasteiger partial charge on any atom is -0.481 e. The van der Waals surface area contributed by atoms with Gasteiger partial charge in [0.1, 0.15) is 0 Å². The Balaban J connectivity index is 2.41. The summed E-state index contributed by atoms with van der Waals surface area (Å²) in [6, 6.07) is 6.71. The molecule has 0 aliphatic heterocycles. The molecule has 0 spiro atoms. The van der Waals surface area contributed by atoms with Crippen LogP contribution in [0.1, 0.15) is 24.2 Å². The first-order valence-electron chi connectivity index (χ1n) is 6.26. The van der Waals surface area contributed by atoms with E-state index in [0.29, 0.717) is 5.56 Å². The molecule has 0 radical (unpaired) electrons. The molecule has 3 N–H and O–H groups in total. The normalized spacial score (nSPS) is 10.8. The number of carboxylic acid groups (broad SMARTS) is 1. The van der Waals surface area contributed by atoms with Crippen LogP contribution in [0.2, 0.25) is 0 Å². The summed E-state index contributed by atoms with van der Waals surface area (Å²) in [5.74, 6) is -1.80. The highest BCUT2D eigenvalue weighted by molar-refractivity contribution is 9.10. The third kappa shape index (κ3) is 5.55. The van der Waals surface area contributed by atoms with Gasteiger partial charge in [-0.1, -0.05) is 15.9 Å².